The molecule has 1 heterocycles. The number of benzene rings is 11. The van der Waals surface area contributed by atoms with Gasteiger partial charge in [-0.1, -0.05) is 182 Å². The van der Waals surface area contributed by atoms with Gasteiger partial charge < -0.3 is 4.90 Å². The Morgan fingerprint density at radius 2 is 0.790 bits per heavy atom. The van der Waals surface area contributed by atoms with E-state index in [1.165, 1.54) is 97.0 Å². The molecule has 290 valence electrons. The fourth-order valence-electron chi connectivity index (χ4n) is 9.38. The van der Waals surface area contributed by atoms with Crippen LogP contribution in [0.3, 0.4) is 0 Å². The second-order valence-electron chi connectivity index (χ2n) is 16.1. The van der Waals surface area contributed by atoms with Crippen LogP contribution in [0.1, 0.15) is 0 Å². The largest absolute Gasteiger partial charge is 0.310 e. The Hall–Kier alpha value is -7.78. The first-order valence-corrected chi connectivity index (χ1v) is 22.0. The van der Waals surface area contributed by atoms with E-state index in [0.29, 0.717) is 0 Å². The molecule has 0 fully saturated rings. The van der Waals surface area contributed by atoms with Gasteiger partial charge in [0.25, 0.3) is 0 Å². The summed E-state index contributed by atoms with van der Waals surface area (Å²) < 4.78 is 2.65. The molecule has 11 aromatic carbocycles. The van der Waals surface area contributed by atoms with Crippen molar-refractivity contribution in [2.75, 3.05) is 4.90 Å². The van der Waals surface area contributed by atoms with E-state index in [0.717, 1.165) is 17.1 Å². The number of rotatable bonds is 7. The minimum Gasteiger partial charge on any atom is -0.310 e. The molecule has 2 heteroatoms. The lowest BCUT2D eigenvalue weighted by Gasteiger charge is -2.26. The fraction of sp³-hybridized carbons (Fsp3) is 0. The Morgan fingerprint density at radius 3 is 1.61 bits per heavy atom. The molecule has 0 saturated carbocycles. The smallest absolute Gasteiger partial charge is 0.0467 e. The number of nitrogens with zero attached hydrogens (tertiary/aromatic N) is 1. The summed E-state index contributed by atoms with van der Waals surface area (Å²) in [5.74, 6) is 0. The van der Waals surface area contributed by atoms with Gasteiger partial charge in [0.1, 0.15) is 0 Å². The topological polar surface area (TPSA) is 3.24 Å². The van der Waals surface area contributed by atoms with E-state index in [1.54, 1.807) is 0 Å². The Labute approximate surface area is 365 Å². The van der Waals surface area contributed by atoms with Crippen LogP contribution < -0.4 is 4.90 Å². The first kappa shape index (κ1) is 36.1. The van der Waals surface area contributed by atoms with E-state index in [2.05, 4.69) is 241 Å². The van der Waals surface area contributed by atoms with Crippen molar-refractivity contribution in [3.8, 4) is 44.5 Å². The van der Waals surface area contributed by atoms with Crippen molar-refractivity contribution in [3.05, 3.63) is 237 Å². The first-order valence-electron chi connectivity index (χ1n) is 21.2. The summed E-state index contributed by atoms with van der Waals surface area (Å²) in [6.07, 6.45) is 0. The van der Waals surface area contributed by atoms with Crippen LogP contribution in [0.15, 0.2) is 237 Å². The summed E-state index contributed by atoms with van der Waals surface area (Å²) in [5.41, 5.74) is 13.0. The van der Waals surface area contributed by atoms with Crippen molar-refractivity contribution in [2.45, 2.75) is 0 Å². The van der Waals surface area contributed by atoms with Crippen LogP contribution in [0.4, 0.5) is 17.1 Å². The molecule has 0 spiro atoms. The Bertz CT molecular complexity index is 3630. The molecular weight excluding hydrogens is 767 g/mol. The zero-order chi connectivity index (χ0) is 41.0. The molecule has 0 atom stereocenters. The zero-order valence-corrected chi connectivity index (χ0v) is 34.7. The van der Waals surface area contributed by atoms with Gasteiger partial charge in [-0.25, -0.2) is 0 Å². The van der Waals surface area contributed by atoms with Crippen molar-refractivity contribution >= 4 is 80.9 Å². The highest BCUT2D eigenvalue weighted by Crippen LogP contribution is 2.43. The van der Waals surface area contributed by atoms with E-state index < -0.39 is 0 Å². The van der Waals surface area contributed by atoms with E-state index in [9.17, 15) is 0 Å². The van der Waals surface area contributed by atoms with Crippen molar-refractivity contribution < 1.29 is 0 Å². The average Bonchev–Trinajstić information content (AvgIpc) is 3.73. The number of thiophene rings is 1. The van der Waals surface area contributed by atoms with E-state index in [1.807, 2.05) is 11.3 Å². The first-order chi connectivity index (χ1) is 30.7. The molecule has 0 radical (unpaired) electrons. The molecule has 0 aliphatic rings. The van der Waals surface area contributed by atoms with Crippen LogP contribution in [-0.4, -0.2) is 0 Å². The van der Waals surface area contributed by atoms with Gasteiger partial charge in [0, 0.05) is 37.2 Å². The van der Waals surface area contributed by atoms with Gasteiger partial charge in [-0.05, 0) is 131 Å². The minimum atomic E-state index is 1.10. The minimum absolute atomic E-state index is 1.10. The van der Waals surface area contributed by atoms with Crippen LogP contribution in [0.2, 0.25) is 0 Å². The summed E-state index contributed by atoms with van der Waals surface area (Å²) in [6.45, 7) is 0. The van der Waals surface area contributed by atoms with Crippen molar-refractivity contribution in [3.63, 3.8) is 0 Å². The summed E-state index contributed by atoms with van der Waals surface area (Å²) >= 11 is 1.88. The highest BCUT2D eigenvalue weighted by molar-refractivity contribution is 7.26. The maximum absolute atomic E-state index is 2.39. The van der Waals surface area contributed by atoms with Crippen LogP contribution >= 0.6 is 11.3 Å². The van der Waals surface area contributed by atoms with Gasteiger partial charge in [-0.15, -0.1) is 11.3 Å². The van der Waals surface area contributed by atoms with Crippen molar-refractivity contribution in [1.29, 1.82) is 0 Å². The standard InChI is InChI=1S/C60H39NS/c1-3-18-52-41(11-1)13-9-21-54(52)47-16-7-14-44(37-47)45-15-8-17-51(39-45)61(50-34-29-43(30-35-50)56-22-10-23-58-57-20-5-6-24-59(57)62-60(56)58)49-32-27-40(28-33-49)46-31-36-55-48(38-46)26-25-42-12-2-4-19-53(42)55/h1-39H. The molecule has 0 bridgehead atoms. The molecule has 0 saturated heterocycles. The van der Waals surface area contributed by atoms with Crippen molar-refractivity contribution in [2.24, 2.45) is 0 Å². The molecule has 62 heavy (non-hydrogen) atoms. The molecule has 12 aromatic rings. The lowest BCUT2D eigenvalue weighted by molar-refractivity contribution is 1.28. The second-order valence-corrected chi connectivity index (χ2v) is 17.1. The van der Waals surface area contributed by atoms with E-state index in [4.69, 9.17) is 0 Å². The van der Waals surface area contributed by atoms with Crippen molar-refractivity contribution in [1.82, 2.24) is 0 Å². The molecule has 0 N–H and O–H groups in total. The highest BCUT2D eigenvalue weighted by Gasteiger charge is 2.17. The fourth-order valence-corrected chi connectivity index (χ4v) is 10.6. The highest BCUT2D eigenvalue weighted by atomic mass is 32.1. The third kappa shape index (κ3) is 6.32. The molecular formula is C60H39NS. The lowest BCUT2D eigenvalue weighted by atomic mass is 9.95. The maximum Gasteiger partial charge on any atom is 0.0467 e. The van der Waals surface area contributed by atoms with Gasteiger partial charge in [0.15, 0.2) is 0 Å². The molecule has 0 aliphatic carbocycles. The number of fused-ring (bicyclic) bond motifs is 7. The Balaban J connectivity index is 0.945. The number of hydrogen-bond donors (Lipinski definition) is 0. The molecule has 0 unspecified atom stereocenters. The van der Waals surface area contributed by atoms with Crippen LogP contribution in [0.5, 0.6) is 0 Å². The third-order valence-electron chi connectivity index (χ3n) is 12.4. The monoisotopic (exact) mass is 805 g/mol. The maximum atomic E-state index is 2.39. The second kappa shape index (κ2) is 15.0. The SMILES string of the molecule is c1cc(-c2cccc(N(c3ccc(-c4ccc5c(ccc6ccccc65)c4)cc3)c3ccc(-c4cccc5c4sc4ccccc45)cc3)c2)cc(-c2cccc3ccccc23)c1. The Morgan fingerprint density at radius 1 is 0.258 bits per heavy atom. The van der Waals surface area contributed by atoms with Gasteiger partial charge in [-0.3, -0.25) is 0 Å². The summed E-state index contributed by atoms with van der Waals surface area (Å²) in [5, 5.41) is 10.2. The van der Waals surface area contributed by atoms with Gasteiger partial charge >= 0.3 is 0 Å². The van der Waals surface area contributed by atoms with Gasteiger partial charge in [0.05, 0.1) is 0 Å². The number of hydrogen-bond acceptors (Lipinski definition) is 2. The molecule has 1 nitrogen and oxygen atoms in total. The lowest BCUT2D eigenvalue weighted by Crippen LogP contribution is -2.10. The number of anilines is 3. The summed E-state index contributed by atoms with van der Waals surface area (Å²) in [4.78, 5) is 2.39. The molecule has 0 amide bonds. The summed E-state index contributed by atoms with van der Waals surface area (Å²) in [6, 6.07) is 86.7. The quantitative estimate of drug-likeness (QED) is 0.145. The van der Waals surface area contributed by atoms with Crippen LogP contribution in [0.25, 0.3) is 97.0 Å². The summed E-state index contributed by atoms with van der Waals surface area (Å²) in [7, 11) is 0. The molecule has 1 aromatic heterocycles. The predicted octanol–water partition coefficient (Wildman–Crippen LogP) is 17.7. The Kier molecular flexibility index (Phi) is 8.76. The predicted molar refractivity (Wildman–Crippen MR) is 268 cm³/mol. The zero-order valence-electron chi connectivity index (χ0n) is 33.9. The van der Waals surface area contributed by atoms with Crippen LogP contribution in [0, 0.1) is 0 Å². The van der Waals surface area contributed by atoms with E-state index >= 15 is 0 Å². The average molecular weight is 806 g/mol. The van der Waals surface area contributed by atoms with Gasteiger partial charge in [-0.2, -0.15) is 0 Å². The third-order valence-corrected chi connectivity index (χ3v) is 13.7. The van der Waals surface area contributed by atoms with E-state index in [-0.39, 0.29) is 0 Å². The molecule has 12 rings (SSSR count). The molecule has 0 aliphatic heterocycles. The van der Waals surface area contributed by atoms with Gasteiger partial charge in [0.2, 0.25) is 0 Å². The normalized spacial score (nSPS) is 11.5. The van der Waals surface area contributed by atoms with Crippen LogP contribution in [-0.2, 0) is 0 Å².